The van der Waals surface area contributed by atoms with Crippen LogP contribution in [0.2, 0.25) is 0 Å². The number of anilines is 1. The lowest BCUT2D eigenvalue weighted by Gasteiger charge is -2.05. The minimum Gasteiger partial charge on any atom is -0.322 e. The van der Waals surface area contributed by atoms with Gasteiger partial charge in [-0.2, -0.15) is 5.10 Å². The zero-order valence-electron chi connectivity index (χ0n) is 9.85. The van der Waals surface area contributed by atoms with Crippen LogP contribution in [0.5, 0.6) is 0 Å². The summed E-state index contributed by atoms with van der Waals surface area (Å²) in [5.74, 6) is -0.176. The maximum atomic E-state index is 11.9. The number of hydrogen-bond acceptors (Lipinski definition) is 2. The largest absolute Gasteiger partial charge is 0.322 e. The predicted octanol–water partition coefficient (Wildman–Crippen LogP) is 3.58. The van der Waals surface area contributed by atoms with Crippen molar-refractivity contribution >= 4 is 38.3 Å². The quantitative estimate of drug-likeness (QED) is 0.759. The molecule has 3 rings (SSSR count). The predicted molar refractivity (Wildman–Crippen MR) is 78.2 cm³/mol. The lowest BCUT2D eigenvalue weighted by Crippen LogP contribution is -2.10. The molecule has 0 unspecified atom stereocenters. The smallest absolute Gasteiger partial charge is 0.258 e. The Morgan fingerprint density at radius 1 is 1.16 bits per heavy atom. The molecule has 0 aliphatic heterocycles. The van der Waals surface area contributed by atoms with Gasteiger partial charge in [0.25, 0.3) is 5.91 Å². The standard InChI is InChI=1S/C14H10BrN3O/c15-12-3-1-10-6-13(4-2-9(10)5-12)18-14(19)11-7-16-17-8-11/h1-8H,(H,16,17)(H,18,19). The fraction of sp³-hybridized carbons (Fsp3) is 0. The molecule has 2 N–H and O–H groups in total. The number of fused-ring (bicyclic) bond motifs is 1. The van der Waals surface area contributed by atoms with E-state index in [4.69, 9.17) is 0 Å². The van der Waals surface area contributed by atoms with E-state index in [1.807, 2.05) is 36.4 Å². The highest BCUT2D eigenvalue weighted by Crippen LogP contribution is 2.23. The van der Waals surface area contributed by atoms with E-state index in [0.717, 1.165) is 20.9 Å². The van der Waals surface area contributed by atoms with E-state index >= 15 is 0 Å². The molecule has 0 fully saturated rings. The Balaban J connectivity index is 1.89. The Kier molecular flexibility index (Phi) is 3.05. The summed E-state index contributed by atoms with van der Waals surface area (Å²) in [6, 6.07) is 11.8. The minimum atomic E-state index is -0.176. The van der Waals surface area contributed by atoms with Crippen molar-refractivity contribution in [1.29, 1.82) is 0 Å². The van der Waals surface area contributed by atoms with E-state index in [9.17, 15) is 4.79 Å². The van der Waals surface area contributed by atoms with Gasteiger partial charge in [-0.1, -0.05) is 28.1 Å². The molecule has 1 aromatic heterocycles. The molecular weight excluding hydrogens is 306 g/mol. The van der Waals surface area contributed by atoms with Gasteiger partial charge in [-0.3, -0.25) is 9.89 Å². The third kappa shape index (κ3) is 2.51. The Hall–Kier alpha value is -2.14. The number of nitrogens with one attached hydrogen (secondary N) is 2. The summed E-state index contributed by atoms with van der Waals surface area (Å²) in [5.41, 5.74) is 1.27. The van der Waals surface area contributed by atoms with E-state index in [2.05, 4.69) is 31.4 Å². The van der Waals surface area contributed by atoms with E-state index in [0.29, 0.717) is 5.56 Å². The second-order valence-corrected chi connectivity index (χ2v) is 5.06. The molecule has 4 nitrogen and oxygen atoms in total. The maximum Gasteiger partial charge on any atom is 0.258 e. The molecule has 0 bridgehead atoms. The molecule has 0 spiro atoms. The van der Waals surface area contributed by atoms with Gasteiger partial charge in [-0.05, 0) is 35.0 Å². The van der Waals surface area contributed by atoms with Gasteiger partial charge < -0.3 is 5.32 Å². The Bertz CT molecular complexity index is 738. The van der Waals surface area contributed by atoms with Gasteiger partial charge in [0, 0.05) is 16.4 Å². The van der Waals surface area contributed by atoms with E-state index < -0.39 is 0 Å². The summed E-state index contributed by atoms with van der Waals surface area (Å²) in [6.07, 6.45) is 3.06. The Morgan fingerprint density at radius 2 is 1.95 bits per heavy atom. The molecule has 94 valence electrons. The average molecular weight is 316 g/mol. The lowest BCUT2D eigenvalue weighted by atomic mass is 10.1. The third-order valence-corrected chi connectivity index (χ3v) is 3.31. The highest BCUT2D eigenvalue weighted by molar-refractivity contribution is 9.10. The molecule has 0 saturated carbocycles. The fourth-order valence-corrected chi connectivity index (χ4v) is 2.25. The average Bonchev–Trinajstić information content (AvgIpc) is 2.93. The van der Waals surface area contributed by atoms with Crippen molar-refractivity contribution in [2.24, 2.45) is 0 Å². The highest BCUT2D eigenvalue weighted by Gasteiger charge is 2.07. The Morgan fingerprint density at radius 3 is 2.74 bits per heavy atom. The van der Waals surface area contributed by atoms with Crippen LogP contribution in [-0.4, -0.2) is 16.1 Å². The van der Waals surface area contributed by atoms with Crippen molar-refractivity contribution in [2.75, 3.05) is 5.32 Å². The molecule has 0 saturated heterocycles. The minimum absolute atomic E-state index is 0.176. The summed E-state index contributed by atoms with van der Waals surface area (Å²) in [6.45, 7) is 0. The molecule has 5 heteroatoms. The van der Waals surface area contributed by atoms with Gasteiger partial charge in [0.2, 0.25) is 0 Å². The first-order valence-electron chi connectivity index (χ1n) is 5.72. The summed E-state index contributed by atoms with van der Waals surface area (Å²) in [4.78, 5) is 11.9. The van der Waals surface area contributed by atoms with Gasteiger partial charge in [0.15, 0.2) is 0 Å². The van der Waals surface area contributed by atoms with Crippen LogP contribution in [0.1, 0.15) is 10.4 Å². The Labute approximate surface area is 118 Å². The lowest BCUT2D eigenvalue weighted by molar-refractivity contribution is 0.102. The van der Waals surface area contributed by atoms with Crippen molar-refractivity contribution < 1.29 is 4.79 Å². The number of amides is 1. The summed E-state index contributed by atoms with van der Waals surface area (Å²) >= 11 is 3.44. The van der Waals surface area contributed by atoms with Crippen molar-refractivity contribution in [3.05, 3.63) is 58.8 Å². The summed E-state index contributed by atoms with van der Waals surface area (Å²) in [5, 5.41) is 11.4. The second-order valence-electron chi connectivity index (χ2n) is 4.15. The van der Waals surface area contributed by atoms with E-state index in [1.165, 1.54) is 6.20 Å². The number of aromatic nitrogens is 2. The molecule has 0 atom stereocenters. The van der Waals surface area contributed by atoms with Crippen molar-refractivity contribution in [3.63, 3.8) is 0 Å². The van der Waals surface area contributed by atoms with Crippen LogP contribution in [-0.2, 0) is 0 Å². The molecule has 0 aliphatic rings. The number of carbonyl (C=O) groups is 1. The van der Waals surface area contributed by atoms with E-state index in [-0.39, 0.29) is 5.91 Å². The number of carbonyl (C=O) groups excluding carboxylic acids is 1. The summed E-state index contributed by atoms with van der Waals surface area (Å²) in [7, 11) is 0. The zero-order chi connectivity index (χ0) is 13.2. The van der Waals surface area contributed by atoms with Crippen LogP contribution in [0.25, 0.3) is 10.8 Å². The van der Waals surface area contributed by atoms with Crippen LogP contribution in [0, 0.1) is 0 Å². The van der Waals surface area contributed by atoms with Crippen LogP contribution in [0.3, 0.4) is 0 Å². The molecule has 19 heavy (non-hydrogen) atoms. The SMILES string of the molecule is O=C(Nc1ccc2cc(Br)ccc2c1)c1cn[nH]c1. The molecule has 0 aliphatic carbocycles. The second kappa shape index (κ2) is 4.85. The number of hydrogen-bond donors (Lipinski definition) is 2. The number of benzene rings is 2. The van der Waals surface area contributed by atoms with Crippen molar-refractivity contribution in [2.45, 2.75) is 0 Å². The van der Waals surface area contributed by atoms with Crippen LogP contribution in [0.4, 0.5) is 5.69 Å². The first-order valence-corrected chi connectivity index (χ1v) is 6.51. The van der Waals surface area contributed by atoms with Gasteiger partial charge in [0.05, 0.1) is 11.8 Å². The molecule has 2 aromatic carbocycles. The third-order valence-electron chi connectivity index (χ3n) is 2.82. The van der Waals surface area contributed by atoms with Crippen LogP contribution < -0.4 is 5.32 Å². The van der Waals surface area contributed by atoms with E-state index in [1.54, 1.807) is 6.20 Å². The van der Waals surface area contributed by atoms with Gasteiger partial charge in [-0.25, -0.2) is 0 Å². The summed E-state index contributed by atoms with van der Waals surface area (Å²) < 4.78 is 1.04. The highest BCUT2D eigenvalue weighted by atomic mass is 79.9. The molecule has 1 amide bonds. The van der Waals surface area contributed by atoms with Gasteiger partial charge in [-0.15, -0.1) is 0 Å². The number of aromatic amines is 1. The van der Waals surface area contributed by atoms with Crippen LogP contribution in [0.15, 0.2) is 53.3 Å². The van der Waals surface area contributed by atoms with Crippen LogP contribution >= 0.6 is 15.9 Å². The topological polar surface area (TPSA) is 57.8 Å². The molecule has 3 aromatic rings. The fourth-order valence-electron chi connectivity index (χ4n) is 1.87. The molecular formula is C14H10BrN3O. The first kappa shape index (κ1) is 11.9. The monoisotopic (exact) mass is 315 g/mol. The molecule has 0 radical (unpaired) electrons. The number of rotatable bonds is 2. The number of halogens is 1. The van der Waals surface area contributed by atoms with Crippen molar-refractivity contribution in [1.82, 2.24) is 10.2 Å². The van der Waals surface area contributed by atoms with Gasteiger partial charge >= 0.3 is 0 Å². The molecule has 1 heterocycles. The number of nitrogens with zero attached hydrogens (tertiary/aromatic N) is 1. The van der Waals surface area contributed by atoms with Gasteiger partial charge in [0.1, 0.15) is 0 Å². The zero-order valence-corrected chi connectivity index (χ0v) is 11.4. The first-order chi connectivity index (χ1) is 9.22. The van der Waals surface area contributed by atoms with Crippen molar-refractivity contribution in [3.8, 4) is 0 Å². The maximum absolute atomic E-state index is 11.9. The number of H-pyrrole nitrogens is 1. The normalized spacial score (nSPS) is 10.6.